The summed E-state index contributed by atoms with van der Waals surface area (Å²) < 4.78 is 5.96. The molecule has 0 aliphatic heterocycles. The molecule has 0 bridgehead atoms. The normalized spacial score (nSPS) is 10.2. The van der Waals surface area contributed by atoms with E-state index >= 15 is 0 Å². The van der Waals surface area contributed by atoms with E-state index in [-0.39, 0.29) is 5.78 Å². The molecular formula is C9H5IO2S. The second-order valence-corrected chi connectivity index (χ2v) is 5.29. The summed E-state index contributed by atoms with van der Waals surface area (Å²) in [5.74, 6) is 0.0212. The van der Waals surface area contributed by atoms with Crippen LogP contribution in [0.1, 0.15) is 15.9 Å². The first-order valence-electron chi connectivity index (χ1n) is 3.58. The van der Waals surface area contributed by atoms with Crippen LogP contribution in [-0.2, 0) is 0 Å². The summed E-state index contributed by atoms with van der Waals surface area (Å²) in [6.07, 6.45) is 2.97. The molecule has 0 unspecified atom stereocenters. The first kappa shape index (κ1) is 8.96. The van der Waals surface area contributed by atoms with Crippen molar-refractivity contribution in [2.75, 3.05) is 0 Å². The van der Waals surface area contributed by atoms with Crippen molar-refractivity contribution in [2.45, 2.75) is 0 Å². The molecule has 0 atom stereocenters. The van der Waals surface area contributed by atoms with Gasteiger partial charge in [0.1, 0.15) is 6.26 Å². The van der Waals surface area contributed by atoms with Gasteiger partial charge in [0, 0.05) is 10.9 Å². The Kier molecular flexibility index (Phi) is 2.50. The van der Waals surface area contributed by atoms with Gasteiger partial charge in [-0.2, -0.15) is 0 Å². The van der Waals surface area contributed by atoms with Gasteiger partial charge in [0.15, 0.2) is 5.78 Å². The van der Waals surface area contributed by atoms with Crippen LogP contribution >= 0.6 is 33.9 Å². The molecule has 0 radical (unpaired) electrons. The number of hydrogen-bond acceptors (Lipinski definition) is 3. The molecule has 0 amide bonds. The average Bonchev–Trinajstić information content (AvgIpc) is 2.72. The molecule has 4 heteroatoms. The van der Waals surface area contributed by atoms with Crippen molar-refractivity contribution < 1.29 is 9.21 Å². The molecule has 0 aliphatic rings. The van der Waals surface area contributed by atoms with Crippen LogP contribution in [0, 0.1) is 2.88 Å². The van der Waals surface area contributed by atoms with E-state index in [4.69, 9.17) is 4.42 Å². The zero-order valence-electron chi connectivity index (χ0n) is 6.49. The van der Waals surface area contributed by atoms with E-state index in [1.54, 1.807) is 17.4 Å². The Labute approximate surface area is 92.7 Å². The summed E-state index contributed by atoms with van der Waals surface area (Å²) in [7, 11) is 0. The standard InChI is InChI=1S/C9H5IO2S/c10-8-3-7(5-13-8)9(11)6-1-2-12-4-6/h1-5H. The third-order valence-corrected chi connectivity index (χ3v) is 3.40. The molecule has 13 heavy (non-hydrogen) atoms. The van der Waals surface area contributed by atoms with Gasteiger partial charge < -0.3 is 4.42 Å². The van der Waals surface area contributed by atoms with E-state index in [9.17, 15) is 4.79 Å². The summed E-state index contributed by atoms with van der Waals surface area (Å²) in [5.41, 5.74) is 1.34. The van der Waals surface area contributed by atoms with Gasteiger partial charge in [-0.25, -0.2) is 0 Å². The summed E-state index contributed by atoms with van der Waals surface area (Å²) in [5, 5.41) is 1.86. The van der Waals surface area contributed by atoms with E-state index < -0.39 is 0 Å². The van der Waals surface area contributed by atoms with Gasteiger partial charge in [-0.1, -0.05) is 0 Å². The second kappa shape index (κ2) is 3.63. The van der Waals surface area contributed by atoms with Crippen LogP contribution in [0.25, 0.3) is 0 Å². The van der Waals surface area contributed by atoms with Crippen molar-refractivity contribution >= 4 is 39.7 Å². The maximum absolute atomic E-state index is 11.7. The third-order valence-electron chi connectivity index (χ3n) is 1.61. The predicted molar refractivity (Wildman–Crippen MR) is 59.2 cm³/mol. The summed E-state index contributed by atoms with van der Waals surface area (Å²) in [6.45, 7) is 0. The zero-order chi connectivity index (χ0) is 9.26. The number of furan rings is 1. The fraction of sp³-hybridized carbons (Fsp3) is 0. The first-order valence-corrected chi connectivity index (χ1v) is 5.54. The molecular weight excluding hydrogens is 299 g/mol. The largest absolute Gasteiger partial charge is 0.472 e. The Morgan fingerprint density at radius 2 is 2.31 bits per heavy atom. The SMILES string of the molecule is O=C(c1ccoc1)c1csc(I)c1. The highest BCUT2D eigenvalue weighted by atomic mass is 127. The molecule has 66 valence electrons. The molecule has 2 heterocycles. The second-order valence-electron chi connectivity index (χ2n) is 2.48. The van der Waals surface area contributed by atoms with Crippen LogP contribution in [0.3, 0.4) is 0 Å². The van der Waals surface area contributed by atoms with Gasteiger partial charge >= 0.3 is 0 Å². The molecule has 0 spiro atoms. The maximum atomic E-state index is 11.7. The van der Waals surface area contributed by atoms with Gasteiger partial charge in [-0.3, -0.25) is 4.79 Å². The number of hydrogen-bond donors (Lipinski definition) is 0. The molecule has 2 aromatic rings. The van der Waals surface area contributed by atoms with Gasteiger partial charge in [0.2, 0.25) is 0 Å². The average molecular weight is 304 g/mol. The van der Waals surface area contributed by atoms with Gasteiger partial charge in [0.05, 0.1) is 14.7 Å². The van der Waals surface area contributed by atoms with Crippen LogP contribution in [-0.4, -0.2) is 5.78 Å². The lowest BCUT2D eigenvalue weighted by molar-refractivity contribution is 0.103. The smallest absolute Gasteiger partial charge is 0.197 e. The topological polar surface area (TPSA) is 30.2 Å². The minimum atomic E-state index is 0.0212. The monoisotopic (exact) mass is 304 g/mol. The highest BCUT2D eigenvalue weighted by Crippen LogP contribution is 2.19. The first-order chi connectivity index (χ1) is 6.27. The van der Waals surface area contributed by atoms with Crippen molar-refractivity contribution in [2.24, 2.45) is 0 Å². The Morgan fingerprint density at radius 1 is 1.46 bits per heavy atom. The lowest BCUT2D eigenvalue weighted by Gasteiger charge is -1.89. The number of thiophene rings is 1. The minimum Gasteiger partial charge on any atom is -0.472 e. The van der Waals surface area contributed by atoms with Crippen LogP contribution in [0.2, 0.25) is 0 Å². The molecule has 2 aromatic heterocycles. The van der Waals surface area contributed by atoms with E-state index in [2.05, 4.69) is 22.6 Å². The number of halogens is 1. The fourth-order valence-corrected chi connectivity index (χ4v) is 2.32. The van der Waals surface area contributed by atoms with Crippen LogP contribution in [0.15, 0.2) is 34.5 Å². The van der Waals surface area contributed by atoms with E-state index in [0.29, 0.717) is 5.56 Å². The molecule has 0 N–H and O–H groups in total. The van der Waals surface area contributed by atoms with E-state index in [1.807, 2.05) is 11.4 Å². The number of ketones is 1. The molecule has 0 saturated carbocycles. The Morgan fingerprint density at radius 3 is 2.85 bits per heavy atom. The number of carbonyl (C=O) groups is 1. The third kappa shape index (κ3) is 1.83. The molecule has 0 aromatic carbocycles. The van der Waals surface area contributed by atoms with Crippen molar-refractivity contribution in [3.63, 3.8) is 0 Å². The molecule has 2 rings (SSSR count). The summed E-state index contributed by atoms with van der Waals surface area (Å²) in [6, 6.07) is 3.55. The zero-order valence-corrected chi connectivity index (χ0v) is 9.46. The predicted octanol–water partition coefficient (Wildman–Crippen LogP) is 3.18. The van der Waals surface area contributed by atoms with Gasteiger partial charge in [-0.05, 0) is 34.7 Å². The van der Waals surface area contributed by atoms with Crippen molar-refractivity contribution in [1.82, 2.24) is 0 Å². The lowest BCUT2D eigenvalue weighted by Crippen LogP contribution is -1.96. The highest BCUT2D eigenvalue weighted by Gasteiger charge is 2.11. The van der Waals surface area contributed by atoms with E-state index in [1.165, 1.54) is 12.5 Å². The fourth-order valence-electron chi connectivity index (χ4n) is 0.989. The van der Waals surface area contributed by atoms with Crippen LogP contribution in [0.5, 0.6) is 0 Å². The number of carbonyl (C=O) groups excluding carboxylic acids is 1. The minimum absolute atomic E-state index is 0.0212. The molecule has 0 fully saturated rings. The molecule has 2 nitrogen and oxygen atoms in total. The Hall–Kier alpha value is -0.620. The molecule has 0 aliphatic carbocycles. The highest BCUT2D eigenvalue weighted by molar-refractivity contribution is 14.1. The summed E-state index contributed by atoms with van der Waals surface area (Å²) >= 11 is 3.76. The number of rotatable bonds is 2. The Bertz CT molecular complexity index is 417. The van der Waals surface area contributed by atoms with E-state index in [0.717, 1.165) is 8.45 Å². The van der Waals surface area contributed by atoms with Gasteiger partial charge in [0.25, 0.3) is 0 Å². The quantitative estimate of drug-likeness (QED) is 0.630. The lowest BCUT2D eigenvalue weighted by atomic mass is 10.1. The van der Waals surface area contributed by atoms with Crippen LogP contribution < -0.4 is 0 Å². The summed E-state index contributed by atoms with van der Waals surface area (Å²) in [4.78, 5) is 11.7. The van der Waals surface area contributed by atoms with Crippen molar-refractivity contribution in [3.8, 4) is 0 Å². The van der Waals surface area contributed by atoms with Crippen molar-refractivity contribution in [1.29, 1.82) is 0 Å². The van der Waals surface area contributed by atoms with Crippen molar-refractivity contribution in [3.05, 3.63) is 44.0 Å². The van der Waals surface area contributed by atoms with Gasteiger partial charge in [-0.15, -0.1) is 11.3 Å². The maximum Gasteiger partial charge on any atom is 0.197 e. The molecule has 0 saturated heterocycles. The Balaban J connectivity index is 2.33. The van der Waals surface area contributed by atoms with Crippen LogP contribution in [0.4, 0.5) is 0 Å².